The van der Waals surface area contributed by atoms with Crippen LogP contribution in [0.15, 0.2) is 30.6 Å². The van der Waals surface area contributed by atoms with E-state index < -0.39 is 5.60 Å². The van der Waals surface area contributed by atoms with Gasteiger partial charge in [0.1, 0.15) is 18.0 Å². The van der Waals surface area contributed by atoms with E-state index in [1.165, 1.54) is 11.1 Å². The van der Waals surface area contributed by atoms with Gasteiger partial charge in [0.05, 0.1) is 5.60 Å². The molecule has 0 saturated carbocycles. The molecule has 134 valence electrons. The average Bonchev–Trinajstić information content (AvgIpc) is 2.60. The van der Waals surface area contributed by atoms with Crippen LogP contribution < -0.4 is 10.2 Å². The molecule has 5 heteroatoms. The van der Waals surface area contributed by atoms with E-state index >= 15 is 0 Å². The summed E-state index contributed by atoms with van der Waals surface area (Å²) in [6.07, 6.45) is 3.64. The predicted octanol–water partition coefficient (Wildman–Crippen LogP) is 3.48. The van der Waals surface area contributed by atoms with Crippen LogP contribution in [0.5, 0.6) is 0 Å². The predicted molar refractivity (Wildman–Crippen MR) is 102 cm³/mol. The van der Waals surface area contributed by atoms with Gasteiger partial charge in [-0.2, -0.15) is 0 Å². The van der Waals surface area contributed by atoms with Gasteiger partial charge in [0.25, 0.3) is 0 Å². The van der Waals surface area contributed by atoms with Crippen molar-refractivity contribution in [3.8, 4) is 0 Å². The second-order valence-electron chi connectivity index (χ2n) is 7.43. The molecule has 1 aliphatic heterocycles. The van der Waals surface area contributed by atoms with Crippen molar-refractivity contribution in [2.24, 2.45) is 0 Å². The van der Waals surface area contributed by atoms with Gasteiger partial charge in [-0.25, -0.2) is 9.97 Å². The summed E-state index contributed by atoms with van der Waals surface area (Å²) in [5.41, 5.74) is 2.80. The monoisotopic (exact) mass is 340 g/mol. The number of nitrogens with one attached hydrogen (secondary N) is 1. The van der Waals surface area contributed by atoms with Gasteiger partial charge >= 0.3 is 0 Å². The maximum atomic E-state index is 10.2. The van der Waals surface area contributed by atoms with Crippen molar-refractivity contribution in [2.75, 3.05) is 16.8 Å². The van der Waals surface area contributed by atoms with Gasteiger partial charge < -0.3 is 15.3 Å². The summed E-state index contributed by atoms with van der Waals surface area (Å²) in [5, 5.41) is 13.6. The summed E-state index contributed by atoms with van der Waals surface area (Å²) in [5.74, 6) is 1.83. The second-order valence-corrected chi connectivity index (χ2v) is 7.43. The van der Waals surface area contributed by atoms with Crippen LogP contribution in [0.4, 0.5) is 11.6 Å². The molecule has 0 spiro atoms. The Balaban J connectivity index is 1.78. The van der Waals surface area contributed by atoms with Crippen LogP contribution in [0.2, 0.25) is 0 Å². The molecule has 0 unspecified atom stereocenters. The van der Waals surface area contributed by atoms with Crippen molar-refractivity contribution in [1.82, 2.24) is 9.97 Å². The van der Waals surface area contributed by atoms with Gasteiger partial charge in [-0.05, 0) is 50.3 Å². The molecule has 5 nitrogen and oxygen atoms in total. The highest BCUT2D eigenvalue weighted by molar-refractivity contribution is 5.51. The highest BCUT2D eigenvalue weighted by Crippen LogP contribution is 2.28. The van der Waals surface area contributed by atoms with Crippen LogP contribution in [0.1, 0.15) is 50.8 Å². The maximum absolute atomic E-state index is 10.2. The molecule has 0 bridgehead atoms. The molecule has 0 saturated heterocycles. The number of benzene rings is 1. The van der Waals surface area contributed by atoms with Crippen LogP contribution >= 0.6 is 0 Å². The SMILES string of the molecule is CC[C@@H](C)Nc1cc(N2CCc3cc(C(C)(C)O)ccc3C2)ncn1. The summed E-state index contributed by atoms with van der Waals surface area (Å²) >= 11 is 0. The maximum Gasteiger partial charge on any atom is 0.134 e. The molecular weight excluding hydrogens is 312 g/mol. The molecule has 25 heavy (non-hydrogen) atoms. The van der Waals surface area contributed by atoms with E-state index in [2.05, 4.69) is 46.2 Å². The summed E-state index contributed by atoms with van der Waals surface area (Å²) in [6, 6.07) is 8.72. The molecule has 1 atom stereocenters. The van der Waals surface area contributed by atoms with Gasteiger partial charge in [-0.3, -0.25) is 0 Å². The van der Waals surface area contributed by atoms with E-state index in [0.717, 1.165) is 43.1 Å². The molecule has 2 N–H and O–H groups in total. The minimum absolute atomic E-state index is 0.394. The zero-order valence-electron chi connectivity index (χ0n) is 15.6. The second kappa shape index (κ2) is 7.00. The highest BCUT2D eigenvalue weighted by Gasteiger charge is 2.22. The normalized spacial score (nSPS) is 15.6. The minimum atomic E-state index is -0.796. The molecule has 2 heterocycles. The fraction of sp³-hybridized carbons (Fsp3) is 0.500. The zero-order valence-corrected chi connectivity index (χ0v) is 15.6. The first-order valence-corrected chi connectivity index (χ1v) is 9.05. The van der Waals surface area contributed by atoms with E-state index in [0.29, 0.717) is 6.04 Å². The Morgan fingerprint density at radius 3 is 2.76 bits per heavy atom. The lowest BCUT2D eigenvalue weighted by Gasteiger charge is -2.31. The van der Waals surface area contributed by atoms with E-state index in [-0.39, 0.29) is 0 Å². The molecule has 2 aromatic rings. The van der Waals surface area contributed by atoms with Crippen LogP contribution in [-0.2, 0) is 18.6 Å². The molecular formula is C20H28N4O. The largest absolute Gasteiger partial charge is 0.386 e. The third-order valence-corrected chi connectivity index (χ3v) is 4.91. The van der Waals surface area contributed by atoms with Crippen molar-refractivity contribution in [3.05, 3.63) is 47.3 Å². The molecule has 1 aromatic carbocycles. The van der Waals surface area contributed by atoms with Gasteiger partial charge in [-0.15, -0.1) is 0 Å². The first-order valence-electron chi connectivity index (χ1n) is 9.05. The summed E-state index contributed by atoms with van der Waals surface area (Å²) in [7, 11) is 0. The number of aromatic nitrogens is 2. The fourth-order valence-corrected chi connectivity index (χ4v) is 3.08. The molecule has 3 rings (SSSR count). The Morgan fingerprint density at radius 1 is 1.24 bits per heavy atom. The first kappa shape index (κ1) is 17.7. The Morgan fingerprint density at radius 2 is 2.04 bits per heavy atom. The fourth-order valence-electron chi connectivity index (χ4n) is 3.08. The number of nitrogens with zero attached hydrogens (tertiary/aromatic N) is 3. The molecule has 0 radical (unpaired) electrons. The third-order valence-electron chi connectivity index (χ3n) is 4.91. The number of hydrogen-bond donors (Lipinski definition) is 2. The number of aliphatic hydroxyl groups is 1. The Bertz CT molecular complexity index is 739. The molecule has 0 fully saturated rings. The molecule has 0 amide bonds. The molecule has 1 aromatic heterocycles. The van der Waals surface area contributed by atoms with Crippen molar-refractivity contribution < 1.29 is 5.11 Å². The van der Waals surface area contributed by atoms with Crippen molar-refractivity contribution in [1.29, 1.82) is 0 Å². The average molecular weight is 340 g/mol. The van der Waals surface area contributed by atoms with Crippen LogP contribution in [0.3, 0.4) is 0 Å². The Hall–Kier alpha value is -2.14. The van der Waals surface area contributed by atoms with E-state index in [9.17, 15) is 5.11 Å². The number of rotatable bonds is 5. The van der Waals surface area contributed by atoms with Crippen molar-refractivity contribution in [2.45, 2.75) is 58.7 Å². The number of fused-ring (bicyclic) bond motifs is 1. The van der Waals surface area contributed by atoms with E-state index in [1.807, 2.05) is 26.0 Å². The molecule has 1 aliphatic rings. The quantitative estimate of drug-likeness (QED) is 0.872. The Kier molecular flexibility index (Phi) is 4.95. The summed E-state index contributed by atoms with van der Waals surface area (Å²) in [6.45, 7) is 9.72. The van der Waals surface area contributed by atoms with E-state index in [4.69, 9.17) is 0 Å². The Labute approximate surface area is 150 Å². The minimum Gasteiger partial charge on any atom is -0.386 e. The van der Waals surface area contributed by atoms with Crippen molar-refractivity contribution in [3.63, 3.8) is 0 Å². The van der Waals surface area contributed by atoms with Gasteiger partial charge in [0.15, 0.2) is 0 Å². The third kappa shape index (κ3) is 4.10. The van der Waals surface area contributed by atoms with Crippen LogP contribution in [0.25, 0.3) is 0 Å². The lowest BCUT2D eigenvalue weighted by Crippen LogP contribution is -2.31. The van der Waals surface area contributed by atoms with Crippen LogP contribution in [-0.4, -0.2) is 27.7 Å². The van der Waals surface area contributed by atoms with Crippen molar-refractivity contribution >= 4 is 11.6 Å². The number of hydrogen-bond acceptors (Lipinski definition) is 5. The lowest BCUT2D eigenvalue weighted by atomic mass is 9.91. The first-order chi connectivity index (χ1) is 11.9. The highest BCUT2D eigenvalue weighted by atomic mass is 16.3. The molecule has 0 aliphatic carbocycles. The van der Waals surface area contributed by atoms with Gasteiger partial charge in [0.2, 0.25) is 0 Å². The number of anilines is 2. The van der Waals surface area contributed by atoms with Gasteiger partial charge in [0, 0.05) is 25.2 Å². The van der Waals surface area contributed by atoms with Crippen LogP contribution in [0, 0.1) is 0 Å². The lowest BCUT2D eigenvalue weighted by molar-refractivity contribution is 0.0785. The zero-order chi connectivity index (χ0) is 18.0. The summed E-state index contributed by atoms with van der Waals surface area (Å²) < 4.78 is 0. The topological polar surface area (TPSA) is 61.3 Å². The van der Waals surface area contributed by atoms with Gasteiger partial charge in [-0.1, -0.05) is 25.1 Å². The van der Waals surface area contributed by atoms with E-state index in [1.54, 1.807) is 6.33 Å². The smallest absolute Gasteiger partial charge is 0.134 e. The summed E-state index contributed by atoms with van der Waals surface area (Å²) in [4.78, 5) is 11.1. The standard InChI is InChI=1S/C20H28N4O/c1-5-14(2)23-18-11-19(22-13-21-18)24-9-8-15-10-17(20(3,4)25)7-6-16(15)12-24/h6-7,10-11,13-14,25H,5,8-9,12H2,1-4H3,(H,21,22,23)/t14-/m1/s1.